The molecule has 1 atom stereocenters. The number of nitrogens with one attached hydrogen (secondary N) is 1. The summed E-state index contributed by atoms with van der Waals surface area (Å²) in [6.07, 6.45) is 17.5. The van der Waals surface area contributed by atoms with Crippen molar-refractivity contribution in [3.05, 3.63) is 0 Å². The predicted molar refractivity (Wildman–Crippen MR) is 128 cm³/mol. The predicted octanol–water partition coefficient (Wildman–Crippen LogP) is 6.10. The second kappa shape index (κ2) is 24.0. The molecule has 1 unspecified atom stereocenters. The first-order valence-corrected chi connectivity index (χ1v) is 13.4. The van der Waals surface area contributed by atoms with Crippen LogP contribution < -0.4 is 5.32 Å². The fraction of sp³-hybridized carbons (Fsp3) is 0.958. The van der Waals surface area contributed by atoms with Crippen LogP contribution in [0.15, 0.2) is 0 Å². The fourth-order valence-corrected chi connectivity index (χ4v) is 4.45. The maximum Gasteiger partial charge on any atom is 0.319 e. The summed E-state index contributed by atoms with van der Waals surface area (Å²) in [5.41, 5.74) is 0. The van der Waals surface area contributed by atoms with E-state index in [1.807, 2.05) is 11.8 Å². The SMILES string of the molecule is CCCCCCCCC(SCCCCC)C(=O)OCCCCCCNCCCO. The third-order valence-electron chi connectivity index (χ3n) is 5.15. The van der Waals surface area contributed by atoms with Crippen LogP contribution in [-0.2, 0) is 9.53 Å². The molecule has 0 saturated carbocycles. The van der Waals surface area contributed by atoms with E-state index in [-0.39, 0.29) is 17.8 Å². The summed E-state index contributed by atoms with van der Waals surface area (Å²) in [7, 11) is 0. The van der Waals surface area contributed by atoms with E-state index in [4.69, 9.17) is 9.84 Å². The molecule has 0 aliphatic carbocycles. The average molecular weight is 432 g/mol. The van der Waals surface area contributed by atoms with E-state index in [2.05, 4.69) is 19.2 Å². The number of aliphatic hydroxyl groups excluding tert-OH is 1. The van der Waals surface area contributed by atoms with E-state index in [0.717, 1.165) is 63.8 Å². The Morgan fingerprint density at radius 2 is 1.45 bits per heavy atom. The van der Waals surface area contributed by atoms with Crippen LogP contribution in [0, 0.1) is 0 Å². The van der Waals surface area contributed by atoms with Crippen molar-refractivity contribution in [3.63, 3.8) is 0 Å². The van der Waals surface area contributed by atoms with Crippen molar-refractivity contribution in [3.8, 4) is 0 Å². The summed E-state index contributed by atoms with van der Waals surface area (Å²) in [4.78, 5) is 12.5. The molecule has 0 aliphatic heterocycles. The Balaban J connectivity index is 3.87. The molecule has 0 aromatic heterocycles. The summed E-state index contributed by atoms with van der Waals surface area (Å²) in [6, 6.07) is 0. The number of thioether (sulfide) groups is 1. The number of ether oxygens (including phenoxy) is 1. The molecule has 0 radical (unpaired) electrons. The lowest BCUT2D eigenvalue weighted by Gasteiger charge is -2.16. The van der Waals surface area contributed by atoms with Gasteiger partial charge in [0, 0.05) is 6.61 Å². The maximum absolute atomic E-state index is 12.5. The lowest BCUT2D eigenvalue weighted by molar-refractivity contribution is -0.143. The van der Waals surface area contributed by atoms with Crippen LogP contribution in [0.3, 0.4) is 0 Å². The molecule has 4 nitrogen and oxygen atoms in total. The van der Waals surface area contributed by atoms with E-state index in [9.17, 15) is 4.79 Å². The number of rotatable bonds is 23. The van der Waals surface area contributed by atoms with Gasteiger partial charge in [0.2, 0.25) is 0 Å². The van der Waals surface area contributed by atoms with Crippen LogP contribution >= 0.6 is 11.8 Å². The molecule has 0 aromatic carbocycles. The quantitative estimate of drug-likeness (QED) is 0.151. The third-order valence-corrected chi connectivity index (χ3v) is 6.51. The van der Waals surface area contributed by atoms with E-state index < -0.39 is 0 Å². The van der Waals surface area contributed by atoms with Crippen molar-refractivity contribution in [2.45, 2.75) is 115 Å². The minimum absolute atomic E-state index is 0.0192. The zero-order valence-corrected chi connectivity index (χ0v) is 20.2. The summed E-state index contributed by atoms with van der Waals surface area (Å²) in [6.45, 7) is 7.19. The Bertz CT molecular complexity index is 342. The van der Waals surface area contributed by atoms with Gasteiger partial charge in [0.15, 0.2) is 0 Å². The second-order valence-corrected chi connectivity index (χ2v) is 9.34. The zero-order chi connectivity index (χ0) is 21.4. The molecular formula is C24H49NO3S. The minimum Gasteiger partial charge on any atom is -0.465 e. The van der Waals surface area contributed by atoms with Crippen LogP contribution in [-0.4, -0.2) is 48.4 Å². The smallest absolute Gasteiger partial charge is 0.319 e. The average Bonchev–Trinajstić information content (AvgIpc) is 2.73. The van der Waals surface area contributed by atoms with Gasteiger partial charge in [-0.3, -0.25) is 4.79 Å². The normalized spacial score (nSPS) is 12.2. The van der Waals surface area contributed by atoms with Crippen LogP contribution in [0.5, 0.6) is 0 Å². The van der Waals surface area contributed by atoms with Gasteiger partial charge < -0.3 is 15.2 Å². The van der Waals surface area contributed by atoms with Gasteiger partial charge in [-0.15, -0.1) is 11.8 Å². The van der Waals surface area contributed by atoms with Crippen LogP contribution in [0.1, 0.15) is 110 Å². The second-order valence-electron chi connectivity index (χ2n) is 8.03. The molecule has 2 N–H and O–H groups in total. The minimum atomic E-state index is 0.0192. The summed E-state index contributed by atoms with van der Waals surface area (Å²) < 4.78 is 5.61. The van der Waals surface area contributed by atoms with Gasteiger partial charge in [-0.05, 0) is 50.9 Å². The van der Waals surface area contributed by atoms with Gasteiger partial charge in [0.05, 0.1) is 6.61 Å². The number of esters is 1. The third kappa shape index (κ3) is 20.8. The molecule has 29 heavy (non-hydrogen) atoms. The molecule has 0 heterocycles. The van der Waals surface area contributed by atoms with E-state index in [1.165, 1.54) is 51.4 Å². The lowest BCUT2D eigenvalue weighted by atomic mass is 10.1. The fourth-order valence-electron chi connectivity index (χ4n) is 3.26. The Hall–Kier alpha value is -0.260. The molecular weight excluding hydrogens is 382 g/mol. The van der Waals surface area contributed by atoms with Crippen molar-refractivity contribution in [2.24, 2.45) is 0 Å². The Morgan fingerprint density at radius 1 is 0.828 bits per heavy atom. The first-order valence-electron chi connectivity index (χ1n) is 12.4. The molecule has 0 amide bonds. The number of carbonyl (C=O) groups is 1. The van der Waals surface area contributed by atoms with Crippen molar-refractivity contribution < 1.29 is 14.6 Å². The van der Waals surface area contributed by atoms with Gasteiger partial charge >= 0.3 is 5.97 Å². The van der Waals surface area contributed by atoms with Gasteiger partial charge in [-0.1, -0.05) is 78.1 Å². The van der Waals surface area contributed by atoms with Gasteiger partial charge in [0.25, 0.3) is 0 Å². The van der Waals surface area contributed by atoms with Crippen molar-refractivity contribution in [1.29, 1.82) is 0 Å². The number of carbonyl (C=O) groups excluding carboxylic acids is 1. The molecule has 5 heteroatoms. The first-order chi connectivity index (χ1) is 14.3. The molecule has 0 bridgehead atoms. The van der Waals surface area contributed by atoms with Crippen LogP contribution in [0.25, 0.3) is 0 Å². The largest absolute Gasteiger partial charge is 0.465 e. The highest BCUT2D eigenvalue weighted by Crippen LogP contribution is 2.22. The van der Waals surface area contributed by atoms with E-state index in [1.54, 1.807) is 0 Å². The standard InChI is InChI=1S/C24H49NO3S/c1-3-5-7-8-9-12-17-23(29-22-15-6-4-2)24(27)28-21-14-11-10-13-18-25-19-16-20-26/h23,25-26H,3-22H2,1-2H3. The molecule has 0 spiro atoms. The summed E-state index contributed by atoms with van der Waals surface area (Å²) in [5, 5.41) is 12.1. The molecule has 174 valence electrons. The Kier molecular flexibility index (Phi) is 23.8. The molecule has 0 aromatic rings. The Labute approximate surface area is 185 Å². The van der Waals surface area contributed by atoms with Gasteiger partial charge in [-0.25, -0.2) is 0 Å². The van der Waals surface area contributed by atoms with Crippen molar-refractivity contribution >= 4 is 17.7 Å². The lowest BCUT2D eigenvalue weighted by Crippen LogP contribution is -2.21. The zero-order valence-electron chi connectivity index (χ0n) is 19.4. The molecule has 0 aliphatic rings. The molecule has 0 rings (SSSR count). The van der Waals surface area contributed by atoms with Crippen LogP contribution in [0.2, 0.25) is 0 Å². The topological polar surface area (TPSA) is 58.6 Å². The number of hydrogen-bond acceptors (Lipinski definition) is 5. The van der Waals surface area contributed by atoms with E-state index >= 15 is 0 Å². The summed E-state index contributed by atoms with van der Waals surface area (Å²) in [5.74, 6) is 1.10. The highest BCUT2D eigenvalue weighted by molar-refractivity contribution is 8.00. The number of unbranched alkanes of at least 4 members (excludes halogenated alkanes) is 10. The molecule has 0 fully saturated rings. The Morgan fingerprint density at radius 3 is 2.21 bits per heavy atom. The maximum atomic E-state index is 12.5. The van der Waals surface area contributed by atoms with Gasteiger partial charge in [0.1, 0.15) is 5.25 Å². The first kappa shape index (κ1) is 28.7. The highest BCUT2D eigenvalue weighted by atomic mass is 32.2. The monoisotopic (exact) mass is 431 g/mol. The molecule has 0 saturated heterocycles. The number of aliphatic hydroxyl groups is 1. The summed E-state index contributed by atoms with van der Waals surface area (Å²) >= 11 is 1.82. The van der Waals surface area contributed by atoms with Crippen LogP contribution in [0.4, 0.5) is 0 Å². The van der Waals surface area contributed by atoms with Crippen molar-refractivity contribution in [2.75, 3.05) is 32.1 Å². The highest BCUT2D eigenvalue weighted by Gasteiger charge is 2.19. The van der Waals surface area contributed by atoms with Gasteiger partial charge in [-0.2, -0.15) is 0 Å². The number of hydrogen-bond donors (Lipinski definition) is 2. The van der Waals surface area contributed by atoms with Crippen molar-refractivity contribution in [1.82, 2.24) is 5.32 Å². The van der Waals surface area contributed by atoms with E-state index in [0.29, 0.717) is 6.61 Å².